The number of nitrogens with zero attached hydrogens (tertiary/aromatic N) is 1. The molecular weight excluding hydrogens is 130 g/mol. The fourth-order valence-corrected chi connectivity index (χ4v) is 0.315. The molecule has 0 bridgehead atoms. The number of nitriles is 1. The van der Waals surface area contributed by atoms with Crippen molar-refractivity contribution in [3.8, 4) is 6.07 Å². The molecule has 0 aliphatic rings. The Morgan fingerprint density at radius 1 is 1.70 bits per heavy atom. The molecule has 0 saturated carbocycles. The first-order valence-electron chi connectivity index (χ1n) is 2.89. The Labute approximate surface area is 60.6 Å². The van der Waals surface area contributed by atoms with Crippen molar-refractivity contribution in [1.82, 2.24) is 0 Å². The Hall–Kier alpha value is -1.30. The van der Waals surface area contributed by atoms with Crippen LogP contribution in [0.5, 0.6) is 0 Å². The third-order valence-electron chi connectivity index (χ3n) is 0.659. The molecule has 0 aromatic rings. The summed E-state index contributed by atoms with van der Waals surface area (Å²) in [5, 5.41) is 14.9. The van der Waals surface area contributed by atoms with E-state index in [0.717, 1.165) is 6.42 Å². The fraction of sp³-hybridized carbons (Fsp3) is 0.429. The van der Waals surface area contributed by atoms with Gasteiger partial charge in [0.05, 0.1) is 6.07 Å². The standard InChI is InChI=1S/C6H9N.CH2O2/c1-2-3-4-5-6-7;2-1-3/h2-3H,4-5H2,1H3;1H,(H,2,3)/b3-2+;. The smallest absolute Gasteiger partial charge is 0.290 e. The van der Waals surface area contributed by atoms with E-state index in [1.807, 2.05) is 19.1 Å². The second kappa shape index (κ2) is 15.6. The third kappa shape index (κ3) is 29.9. The lowest BCUT2D eigenvalue weighted by atomic mass is 10.3. The van der Waals surface area contributed by atoms with Crippen LogP contribution in [0.2, 0.25) is 0 Å². The molecule has 0 aromatic heterocycles. The van der Waals surface area contributed by atoms with E-state index >= 15 is 0 Å². The normalized spacial score (nSPS) is 7.60. The van der Waals surface area contributed by atoms with Gasteiger partial charge in [0, 0.05) is 6.42 Å². The Bertz CT molecular complexity index is 124. The Morgan fingerprint density at radius 3 is 2.50 bits per heavy atom. The molecule has 0 aromatic carbocycles. The van der Waals surface area contributed by atoms with Gasteiger partial charge in [-0.2, -0.15) is 5.26 Å². The summed E-state index contributed by atoms with van der Waals surface area (Å²) < 4.78 is 0. The van der Waals surface area contributed by atoms with Gasteiger partial charge >= 0.3 is 0 Å². The minimum absolute atomic E-state index is 0.250. The second-order valence-corrected chi connectivity index (χ2v) is 1.37. The average Bonchev–Trinajstić information content (AvgIpc) is 1.91. The van der Waals surface area contributed by atoms with Crippen molar-refractivity contribution >= 4 is 6.47 Å². The van der Waals surface area contributed by atoms with Crippen molar-refractivity contribution in [3.63, 3.8) is 0 Å². The Morgan fingerprint density at radius 2 is 2.20 bits per heavy atom. The summed E-state index contributed by atoms with van der Waals surface area (Å²) in [6.45, 7) is 1.71. The highest BCUT2D eigenvalue weighted by Crippen LogP contribution is 1.85. The predicted molar refractivity (Wildman–Crippen MR) is 38.4 cm³/mol. The van der Waals surface area contributed by atoms with Crippen molar-refractivity contribution in [1.29, 1.82) is 5.26 Å². The van der Waals surface area contributed by atoms with E-state index in [1.54, 1.807) is 0 Å². The van der Waals surface area contributed by atoms with Gasteiger partial charge in [0.15, 0.2) is 0 Å². The molecule has 0 aliphatic carbocycles. The van der Waals surface area contributed by atoms with E-state index in [0.29, 0.717) is 6.42 Å². The van der Waals surface area contributed by atoms with Crippen molar-refractivity contribution in [2.24, 2.45) is 0 Å². The van der Waals surface area contributed by atoms with E-state index in [4.69, 9.17) is 15.2 Å². The van der Waals surface area contributed by atoms with E-state index in [2.05, 4.69) is 6.07 Å². The summed E-state index contributed by atoms with van der Waals surface area (Å²) >= 11 is 0. The van der Waals surface area contributed by atoms with Crippen molar-refractivity contribution in [3.05, 3.63) is 12.2 Å². The molecule has 0 heterocycles. The lowest BCUT2D eigenvalue weighted by molar-refractivity contribution is -0.122. The molecule has 10 heavy (non-hydrogen) atoms. The molecule has 3 nitrogen and oxygen atoms in total. The average molecular weight is 141 g/mol. The highest BCUT2D eigenvalue weighted by atomic mass is 16.3. The molecule has 1 N–H and O–H groups in total. The van der Waals surface area contributed by atoms with Crippen molar-refractivity contribution in [2.75, 3.05) is 0 Å². The van der Waals surface area contributed by atoms with Gasteiger partial charge < -0.3 is 5.11 Å². The largest absolute Gasteiger partial charge is 0.483 e. The van der Waals surface area contributed by atoms with Crippen LogP contribution in [-0.4, -0.2) is 11.6 Å². The lowest BCUT2D eigenvalue weighted by Gasteiger charge is -1.74. The molecule has 0 aliphatic heterocycles. The second-order valence-electron chi connectivity index (χ2n) is 1.37. The fourth-order valence-electron chi connectivity index (χ4n) is 0.315. The molecule has 0 saturated heterocycles. The zero-order chi connectivity index (χ0) is 8.24. The summed E-state index contributed by atoms with van der Waals surface area (Å²) in [7, 11) is 0. The number of hydrogen-bond donors (Lipinski definition) is 1. The van der Waals surface area contributed by atoms with Crippen LogP contribution in [0.3, 0.4) is 0 Å². The first-order valence-corrected chi connectivity index (χ1v) is 2.89. The molecule has 0 amide bonds. The van der Waals surface area contributed by atoms with Gasteiger partial charge in [-0.3, -0.25) is 4.79 Å². The SMILES string of the molecule is C/C=C/CCC#N.O=CO. The maximum absolute atomic E-state index is 8.36. The summed E-state index contributed by atoms with van der Waals surface area (Å²) in [6, 6.07) is 2.05. The Kier molecular flexibility index (Phi) is 18.0. The first kappa shape index (κ1) is 11.5. The van der Waals surface area contributed by atoms with Crippen LogP contribution in [0.1, 0.15) is 19.8 Å². The van der Waals surface area contributed by atoms with Crippen molar-refractivity contribution in [2.45, 2.75) is 19.8 Å². The van der Waals surface area contributed by atoms with E-state index < -0.39 is 0 Å². The number of unbranched alkanes of at least 4 members (excludes halogenated alkanes) is 1. The lowest BCUT2D eigenvalue weighted by Crippen LogP contribution is -1.59. The van der Waals surface area contributed by atoms with Gasteiger partial charge in [-0.25, -0.2) is 0 Å². The molecule has 0 radical (unpaired) electrons. The van der Waals surface area contributed by atoms with E-state index in [-0.39, 0.29) is 6.47 Å². The summed E-state index contributed by atoms with van der Waals surface area (Å²) in [6.07, 6.45) is 5.48. The highest BCUT2D eigenvalue weighted by molar-refractivity contribution is 5.32. The third-order valence-corrected chi connectivity index (χ3v) is 0.659. The van der Waals surface area contributed by atoms with E-state index in [9.17, 15) is 0 Å². The Balaban J connectivity index is 0. The van der Waals surface area contributed by atoms with Crippen LogP contribution in [0.25, 0.3) is 0 Å². The number of allylic oxidation sites excluding steroid dienone is 2. The van der Waals surface area contributed by atoms with Gasteiger partial charge in [-0.1, -0.05) is 12.2 Å². The molecule has 0 fully saturated rings. The highest BCUT2D eigenvalue weighted by Gasteiger charge is 1.71. The monoisotopic (exact) mass is 141 g/mol. The van der Waals surface area contributed by atoms with Gasteiger partial charge in [0.25, 0.3) is 6.47 Å². The zero-order valence-corrected chi connectivity index (χ0v) is 5.95. The molecule has 0 rings (SSSR count). The van der Waals surface area contributed by atoms with Gasteiger partial charge in [0.1, 0.15) is 0 Å². The minimum Gasteiger partial charge on any atom is -0.483 e. The van der Waals surface area contributed by atoms with Crippen LogP contribution >= 0.6 is 0 Å². The van der Waals surface area contributed by atoms with Crippen LogP contribution in [0.4, 0.5) is 0 Å². The molecular formula is C7H11NO2. The summed E-state index contributed by atoms with van der Waals surface area (Å²) in [5.41, 5.74) is 0. The van der Waals surface area contributed by atoms with Gasteiger partial charge in [0.2, 0.25) is 0 Å². The van der Waals surface area contributed by atoms with Crippen LogP contribution in [-0.2, 0) is 4.79 Å². The number of carbonyl (C=O) groups is 1. The molecule has 0 atom stereocenters. The van der Waals surface area contributed by atoms with Gasteiger partial charge in [-0.15, -0.1) is 0 Å². The quantitative estimate of drug-likeness (QED) is 0.360. The zero-order valence-electron chi connectivity index (χ0n) is 5.95. The summed E-state index contributed by atoms with van der Waals surface area (Å²) in [5.74, 6) is 0. The summed E-state index contributed by atoms with van der Waals surface area (Å²) in [4.78, 5) is 8.36. The maximum Gasteiger partial charge on any atom is 0.290 e. The maximum atomic E-state index is 8.36. The molecule has 56 valence electrons. The topological polar surface area (TPSA) is 61.1 Å². The number of hydrogen-bond acceptors (Lipinski definition) is 2. The predicted octanol–water partition coefficient (Wildman–Crippen LogP) is 1.57. The van der Waals surface area contributed by atoms with Gasteiger partial charge in [-0.05, 0) is 13.3 Å². The molecule has 3 heteroatoms. The first-order chi connectivity index (χ1) is 4.83. The number of carboxylic acid groups (broad SMARTS) is 1. The van der Waals surface area contributed by atoms with Crippen LogP contribution in [0, 0.1) is 11.3 Å². The number of rotatable bonds is 2. The van der Waals surface area contributed by atoms with Crippen LogP contribution in [0.15, 0.2) is 12.2 Å². The van der Waals surface area contributed by atoms with Crippen molar-refractivity contribution < 1.29 is 9.90 Å². The minimum atomic E-state index is -0.250. The van der Waals surface area contributed by atoms with Crippen LogP contribution < -0.4 is 0 Å². The molecule has 0 unspecified atom stereocenters. The van der Waals surface area contributed by atoms with E-state index in [1.165, 1.54) is 0 Å². The molecule has 0 spiro atoms.